The zero-order chi connectivity index (χ0) is 15.2. The van der Waals surface area contributed by atoms with Gasteiger partial charge in [-0.05, 0) is 30.5 Å². The number of rotatable bonds is 5. The maximum atomic E-state index is 12.6. The molecule has 0 radical (unpaired) electrons. The van der Waals surface area contributed by atoms with Crippen LogP contribution in [0.25, 0.3) is 0 Å². The van der Waals surface area contributed by atoms with E-state index in [9.17, 15) is 4.79 Å². The molecule has 0 spiro atoms. The van der Waals surface area contributed by atoms with Crippen LogP contribution in [0.2, 0.25) is 0 Å². The van der Waals surface area contributed by atoms with E-state index in [1.165, 1.54) is 0 Å². The second-order valence-corrected chi connectivity index (χ2v) is 5.50. The van der Waals surface area contributed by atoms with Crippen LogP contribution in [0, 0.1) is 0 Å². The summed E-state index contributed by atoms with van der Waals surface area (Å²) >= 11 is 1.62. The van der Waals surface area contributed by atoms with Crippen molar-refractivity contribution in [1.29, 1.82) is 0 Å². The fourth-order valence-corrected chi connectivity index (χ4v) is 2.69. The molecular weight excluding hydrogens is 286 g/mol. The summed E-state index contributed by atoms with van der Waals surface area (Å²) < 4.78 is 0. The summed E-state index contributed by atoms with van der Waals surface area (Å²) in [5.41, 5.74) is 6.61. The average molecular weight is 303 g/mol. The molecule has 0 saturated carbocycles. The molecule has 1 amide bonds. The molecule has 0 atom stereocenters. The van der Waals surface area contributed by atoms with E-state index in [2.05, 4.69) is 5.16 Å². The SMILES string of the molecule is CCN(Cc1cccs1)C(=O)c1cccc(C(N)=NO)c1. The quantitative estimate of drug-likeness (QED) is 0.385. The first-order valence-corrected chi connectivity index (χ1v) is 7.43. The van der Waals surface area contributed by atoms with Gasteiger partial charge in [0.25, 0.3) is 5.91 Å². The Morgan fingerprint density at radius 1 is 1.33 bits per heavy atom. The normalized spacial score (nSPS) is 11.4. The van der Waals surface area contributed by atoms with Crippen molar-refractivity contribution in [2.75, 3.05) is 6.54 Å². The van der Waals surface area contributed by atoms with Gasteiger partial charge in [-0.1, -0.05) is 23.4 Å². The van der Waals surface area contributed by atoms with Crippen molar-refractivity contribution in [1.82, 2.24) is 4.90 Å². The first kappa shape index (κ1) is 15.1. The van der Waals surface area contributed by atoms with Gasteiger partial charge in [0, 0.05) is 22.5 Å². The number of benzene rings is 1. The number of nitrogens with two attached hydrogens (primary N) is 1. The van der Waals surface area contributed by atoms with Gasteiger partial charge in [0.05, 0.1) is 6.54 Å². The third-order valence-corrected chi connectivity index (χ3v) is 3.97. The molecule has 21 heavy (non-hydrogen) atoms. The summed E-state index contributed by atoms with van der Waals surface area (Å²) in [5.74, 6) is -0.0792. The van der Waals surface area contributed by atoms with Crippen molar-refractivity contribution in [2.24, 2.45) is 10.9 Å². The van der Waals surface area contributed by atoms with Gasteiger partial charge in [-0.15, -0.1) is 11.3 Å². The molecule has 0 aliphatic carbocycles. The lowest BCUT2D eigenvalue weighted by Crippen LogP contribution is -2.30. The molecular formula is C15H17N3O2S. The summed E-state index contributed by atoms with van der Waals surface area (Å²) in [6, 6.07) is 10.8. The zero-order valence-corrected chi connectivity index (χ0v) is 12.5. The van der Waals surface area contributed by atoms with E-state index in [4.69, 9.17) is 10.9 Å². The topological polar surface area (TPSA) is 78.9 Å². The van der Waals surface area contributed by atoms with E-state index in [0.29, 0.717) is 24.2 Å². The fraction of sp³-hybridized carbons (Fsp3) is 0.200. The predicted molar refractivity (Wildman–Crippen MR) is 83.7 cm³/mol. The van der Waals surface area contributed by atoms with Crippen molar-refractivity contribution in [3.63, 3.8) is 0 Å². The van der Waals surface area contributed by atoms with Gasteiger partial charge in [0.1, 0.15) is 0 Å². The minimum Gasteiger partial charge on any atom is -0.409 e. The van der Waals surface area contributed by atoms with Crippen molar-refractivity contribution in [2.45, 2.75) is 13.5 Å². The van der Waals surface area contributed by atoms with Crippen molar-refractivity contribution < 1.29 is 10.0 Å². The third kappa shape index (κ3) is 3.61. The van der Waals surface area contributed by atoms with E-state index < -0.39 is 0 Å². The fourth-order valence-electron chi connectivity index (χ4n) is 1.97. The highest BCUT2D eigenvalue weighted by Crippen LogP contribution is 2.15. The Morgan fingerprint density at radius 3 is 2.71 bits per heavy atom. The van der Waals surface area contributed by atoms with Crippen LogP contribution in [0.3, 0.4) is 0 Å². The Bertz CT molecular complexity index is 638. The number of carbonyl (C=O) groups is 1. The Labute approximate surface area is 127 Å². The number of amides is 1. The summed E-state index contributed by atoms with van der Waals surface area (Å²) in [6.07, 6.45) is 0. The van der Waals surface area contributed by atoms with E-state index >= 15 is 0 Å². The molecule has 1 heterocycles. The number of carbonyl (C=O) groups excluding carboxylic acids is 1. The van der Waals surface area contributed by atoms with Crippen LogP contribution in [0.15, 0.2) is 46.9 Å². The summed E-state index contributed by atoms with van der Waals surface area (Å²) in [6.45, 7) is 3.14. The number of nitrogens with zero attached hydrogens (tertiary/aromatic N) is 2. The molecule has 0 aliphatic heterocycles. The van der Waals surface area contributed by atoms with Gasteiger partial charge in [-0.25, -0.2) is 0 Å². The number of oxime groups is 1. The van der Waals surface area contributed by atoms with Gasteiger partial charge in [0.2, 0.25) is 0 Å². The lowest BCUT2D eigenvalue weighted by atomic mass is 10.1. The van der Waals surface area contributed by atoms with Gasteiger partial charge in [0.15, 0.2) is 5.84 Å². The first-order valence-electron chi connectivity index (χ1n) is 6.55. The molecule has 0 fully saturated rings. The van der Waals surface area contributed by atoms with Gasteiger partial charge in [-0.3, -0.25) is 4.79 Å². The molecule has 3 N–H and O–H groups in total. The molecule has 2 aromatic rings. The molecule has 5 nitrogen and oxygen atoms in total. The van der Waals surface area contributed by atoms with Gasteiger partial charge < -0.3 is 15.8 Å². The monoisotopic (exact) mass is 303 g/mol. The summed E-state index contributed by atoms with van der Waals surface area (Å²) in [7, 11) is 0. The van der Waals surface area contributed by atoms with E-state index in [-0.39, 0.29) is 11.7 Å². The Kier molecular flexibility index (Phi) is 4.94. The maximum absolute atomic E-state index is 12.6. The average Bonchev–Trinajstić information content (AvgIpc) is 3.04. The van der Waals surface area contributed by atoms with Crippen LogP contribution in [-0.4, -0.2) is 28.4 Å². The summed E-state index contributed by atoms with van der Waals surface area (Å²) in [5, 5.41) is 13.7. The molecule has 1 aromatic carbocycles. The first-order chi connectivity index (χ1) is 10.2. The van der Waals surface area contributed by atoms with Crippen LogP contribution in [-0.2, 0) is 6.54 Å². The Hall–Kier alpha value is -2.34. The van der Waals surface area contributed by atoms with Gasteiger partial charge in [-0.2, -0.15) is 0 Å². The van der Waals surface area contributed by atoms with Crippen LogP contribution < -0.4 is 5.73 Å². The van der Waals surface area contributed by atoms with Crippen LogP contribution >= 0.6 is 11.3 Å². The number of thiophene rings is 1. The van der Waals surface area contributed by atoms with E-state index in [0.717, 1.165) is 4.88 Å². The van der Waals surface area contributed by atoms with Crippen molar-refractivity contribution >= 4 is 23.1 Å². The van der Waals surface area contributed by atoms with E-state index in [1.807, 2.05) is 24.4 Å². The lowest BCUT2D eigenvalue weighted by molar-refractivity contribution is 0.0754. The third-order valence-electron chi connectivity index (χ3n) is 3.11. The zero-order valence-electron chi connectivity index (χ0n) is 11.7. The Morgan fingerprint density at radius 2 is 2.10 bits per heavy atom. The lowest BCUT2D eigenvalue weighted by Gasteiger charge is -2.20. The highest BCUT2D eigenvalue weighted by Gasteiger charge is 2.15. The maximum Gasteiger partial charge on any atom is 0.254 e. The standard InChI is InChI=1S/C15H17N3O2S/c1-2-18(10-13-7-4-8-21-13)15(19)12-6-3-5-11(9-12)14(16)17-20/h3-9,20H,2,10H2,1H3,(H2,16,17). The van der Waals surface area contributed by atoms with Crippen molar-refractivity contribution in [3.05, 3.63) is 57.8 Å². The predicted octanol–water partition coefficient (Wildman–Crippen LogP) is 2.50. The smallest absolute Gasteiger partial charge is 0.254 e. The molecule has 6 heteroatoms. The molecule has 0 unspecified atom stereocenters. The molecule has 2 rings (SSSR count). The number of hydrogen-bond acceptors (Lipinski definition) is 4. The number of amidine groups is 1. The molecule has 0 aliphatic rings. The van der Waals surface area contributed by atoms with Gasteiger partial charge >= 0.3 is 0 Å². The van der Waals surface area contributed by atoms with E-state index in [1.54, 1.807) is 40.5 Å². The largest absolute Gasteiger partial charge is 0.409 e. The summed E-state index contributed by atoms with van der Waals surface area (Å²) in [4.78, 5) is 15.5. The second kappa shape index (κ2) is 6.90. The van der Waals surface area contributed by atoms with Crippen LogP contribution in [0.4, 0.5) is 0 Å². The number of hydrogen-bond donors (Lipinski definition) is 2. The highest BCUT2D eigenvalue weighted by molar-refractivity contribution is 7.09. The van der Waals surface area contributed by atoms with Crippen LogP contribution in [0.1, 0.15) is 27.7 Å². The molecule has 1 aromatic heterocycles. The highest BCUT2D eigenvalue weighted by atomic mass is 32.1. The molecule has 110 valence electrons. The molecule has 0 saturated heterocycles. The Balaban J connectivity index is 2.21. The van der Waals surface area contributed by atoms with Crippen molar-refractivity contribution in [3.8, 4) is 0 Å². The second-order valence-electron chi connectivity index (χ2n) is 4.46. The minimum atomic E-state index is -0.0708. The van der Waals surface area contributed by atoms with Crippen LogP contribution in [0.5, 0.6) is 0 Å². The minimum absolute atomic E-state index is 0.00837. The molecule has 0 bridgehead atoms.